The van der Waals surface area contributed by atoms with E-state index < -0.39 is 0 Å². The molecule has 0 saturated heterocycles. The Morgan fingerprint density at radius 1 is 1.19 bits per heavy atom. The van der Waals surface area contributed by atoms with Crippen LogP contribution >= 0.6 is 0 Å². The van der Waals surface area contributed by atoms with E-state index in [9.17, 15) is 0 Å². The first kappa shape index (κ1) is 11.3. The maximum absolute atomic E-state index is 8.81. The van der Waals surface area contributed by atoms with Crippen LogP contribution in [0.15, 0.2) is 23.4 Å². The molecule has 86 valence electrons. The lowest BCUT2D eigenvalue weighted by Gasteiger charge is -2.41. The van der Waals surface area contributed by atoms with Gasteiger partial charge in [-0.2, -0.15) is 5.26 Å². The number of allylic oxidation sites excluding steroid dienone is 4. The number of hydrogen-bond acceptors (Lipinski definition) is 2. The van der Waals surface area contributed by atoms with Crippen LogP contribution in [0.25, 0.3) is 0 Å². The Labute approximate surface area is 98.2 Å². The fourth-order valence-corrected chi connectivity index (χ4v) is 2.81. The van der Waals surface area contributed by atoms with Crippen molar-refractivity contribution in [1.29, 1.82) is 5.26 Å². The van der Waals surface area contributed by atoms with Gasteiger partial charge in [0.05, 0.1) is 6.07 Å². The highest BCUT2D eigenvalue weighted by molar-refractivity contribution is 5.34. The van der Waals surface area contributed by atoms with Gasteiger partial charge in [-0.3, -0.25) is 0 Å². The Bertz CT molecular complexity index is 384. The zero-order chi connectivity index (χ0) is 11.9. The van der Waals surface area contributed by atoms with Crippen molar-refractivity contribution in [3.05, 3.63) is 23.4 Å². The molecule has 0 aromatic carbocycles. The minimum Gasteiger partial charge on any atom is -0.381 e. The molecule has 2 aliphatic carbocycles. The number of rotatable bonds is 3. The summed E-state index contributed by atoms with van der Waals surface area (Å²) in [4.78, 5) is 2.21. The maximum Gasteiger partial charge on any atom is 0.0946 e. The molecular formula is C14H20N2. The average molecular weight is 216 g/mol. The quantitative estimate of drug-likeness (QED) is 0.725. The maximum atomic E-state index is 8.81. The van der Waals surface area contributed by atoms with Crippen LogP contribution in [0.3, 0.4) is 0 Å². The minimum absolute atomic E-state index is 0.481. The van der Waals surface area contributed by atoms with Crippen LogP contribution in [0.4, 0.5) is 0 Å². The molecule has 0 N–H and O–H groups in total. The molecule has 2 heteroatoms. The van der Waals surface area contributed by atoms with E-state index in [1.54, 1.807) is 0 Å². The Morgan fingerprint density at radius 2 is 1.81 bits per heavy atom. The number of nitrogens with zero attached hydrogens (tertiary/aromatic N) is 2. The fraction of sp³-hybridized carbons (Fsp3) is 0.643. The lowest BCUT2D eigenvalue weighted by atomic mass is 9.67. The van der Waals surface area contributed by atoms with Gasteiger partial charge in [0, 0.05) is 31.3 Å². The summed E-state index contributed by atoms with van der Waals surface area (Å²) in [6.07, 6.45) is 5.75. The zero-order valence-corrected chi connectivity index (χ0v) is 10.6. The van der Waals surface area contributed by atoms with Gasteiger partial charge in [-0.1, -0.05) is 26.0 Å². The zero-order valence-electron chi connectivity index (χ0n) is 10.6. The molecule has 4 unspecified atom stereocenters. The van der Waals surface area contributed by atoms with Crippen LogP contribution < -0.4 is 0 Å². The van der Waals surface area contributed by atoms with E-state index >= 15 is 0 Å². The molecule has 0 spiro atoms. The molecule has 16 heavy (non-hydrogen) atoms. The molecule has 0 bridgehead atoms. The highest BCUT2D eigenvalue weighted by Gasteiger charge is 2.36. The van der Waals surface area contributed by atoms with Crippen LogP contribution in [0.5, 0.6) is 0 Å². The first-order valence-corrected chi connectivity index (χ1v) is 6.05. The summed E-state index contributed by atoms with van der Waals surface area (Å²) in [5, 5.41) is 8.81. The molecule has 0 radical (unpaired) electrons. The molecule has 0 aromatic rings. The van der Waals surface area contributed by atoms with Gasteiger partial charge in [0.2, 0.25) is 0 Å². The third-order valence-electron chi connectivity index (χ3n) is 4.21. The van der Waals surface area contributed by atoms with E-state index in [-0.39, 0.29) is 0 Å². The van der Waals surface area contributed by atoms with Crippen molar-refractivity contribution in [2.75, 3.05) is 14.1 Å². The molecule has 2 rings (SSSR count). The molecule has 0 aromatic heterocycles. The number of nitriles is 1. The molecular weight excluding hydrogens is 196 g/mol. The van der Waals surface area contributed by atoms with Gasteiger partial charge in [-0.15, -0.1) is 0 Å². The number of hydrogen-bond donors (Lipinski definition) is 0. The fourth-order valence-electron chi connectivity index (χ4n) is 2.81. The molecule has 0 saturated carbocycles. The second kappa shape index (κ2) is 3.97. The normalized spacial score (nSPS) is 36.4. The van der Waals surface area contributed by atoms with E-state index in [0.29, 0.717) is 23.7 Å². The van der Waals surface area contributed by atoms with Crippen molar-refractivity contribution in [1.82, 2.24) is 4.90 Å². The summed E-state index contributed by atoms with van der Waals surface area (Å²) in [6.45, 7) is 4.47. The van der Waals surface area contributed by atoms with Gasteiger partial charge in [-0.05, 0) is 24.2 Å². The van der Waals surface area contributed by atoms with Crippen LogP contribution in [0.1, 0.15) is 20.3 Å². The summed E-state index contributed by atoms with van der Waals surface area (Å²) in [5.41, 5.74) is 2.44. The van der Waals surface area contributed by atoms with Gasteiger partial charge >= 0.3 is 0 Å². The summed E-state index contributed by atoms with van der Waals surface area (Å²) >= 11 is 0. The van der Waals surface area contributed by atoms with Crippen molar-refractivity contribution < 1.29 is 0 Å². The third kappa shape index (κ3) is 1.65. The Kier molecular flexibility index (Phi) is 2.80. The highest BCUT2D eigenvalue weighted by Crippen LogP contribution is 2.44. The Morgan fingerprint density at radius 3 is 2.25 bits per heavy atom. The third-order valence-corrected chi connectivity index (χ3v) is 4.21. The largest absolute Gasteiger partial charge is 0.381 e. The van der Waals surface area contributed by atoms with Gasteiger partial charge in [-0.25, -0.2) is 0 Å². The molecule has 2 nitrogen and oxygen atoms in total. The van der Waals surface area contributed by atoms with Crippen LogP contribution in [0, 0.1) is 35.0 Å². The van der Waals surface area contributed by atoms with Crippen molar-refractivity contribution in [3.8, 4) is 6.07 Å². The lowest BCUT2D eigenvalue weighted by molar-refractivity contribution is 0.256. The minimum atomic E-state index is 0.481. The van der Waals surface area contributed by atoms with E-state index in [2.05, 4.69) is 51.1 Å². The lowest BCUT2D eigenvalue weighted by Crippen LogP contribution is -2.34. The SMILES string of the molecule is CC1C(C#N)=CC1CC1C=C(N(C)C)C1C. The standard InChI is InChI=1S/C14H20N2/c1-9-11(6-13(9)8-15)5-12-7-14(10(12)2)16(3)4/h6-7,9-12H,5H2,1-4H3. The van der Waals surface area contributed by atoms with Gasteiger partial charge in [0.25, 0.3) is 0 Å². The van der Waals surface area contributed by atoms with Gasteiger partial charge < -0.3 is 4.90 Å². The molecule has 0 aliphatic heterocycles. The summed E-state index contributed by atoms with van der Waals surface area (Å²) in [5.74, 6) is 2.50. The van der Waals surface area contributed by atoms with Crippen LogP contribution in [-0.4, -0.2) is 19.0 Å². The predicted molar refractivity (Wildman–Crippen MR) is 65.4 cm³/mol. The first-order chi connectivity index (χ1) is 7.54. The van der Waals surface area contributed by atoms with Gasteiger partial charge in [0.15, 0.2) is 0 Å². The van der Waals surface area contributed by atoms with Crippen molar-refractivity contribution in [2.24, 2.45) is 23.7 Å². The predicted octanol–water partition coefficient (Wildman–Crippen LogP) is 2.80. The molecule has 2 aliphatic rings. The molecule has 0 heterocycles. The summed E-state index contributed by atoms with van der Waals surface area (Å²) in [6, 6.07) is 2.27. The van der Waals surface area contributed by atoms with Crippen LogP contribution in [0.2, 0.25) is 0 Å². The Hall–Kier alpha value is -1.23. The molecule has 0 amide bonds. The second-order valence-corrected chi connectivity index (χ2v) is 5.36. The van der Waals surface area contributed by atoms with Crippen molar-refractivity contribution in [3.63, 3.8) is 0 Å². The second-order valence-electron chi connectivity index (χ2n) is 5.36. The topological polar surface area (TPSA) is 27.0 Å². The molecule has 0 fully saturated rings. The van der Waals surface area contributed by atoms with Gasteiger partial charge in [0.1, 0.15) is 0 Å². The van der Waals surface area contributed by atoms with Crippen LogP contribution in [-0.2, 0) is 0 Å². The van der Waals surface area contributed by atoms with Crippen molar-refractivity contribution in [2.45, 2.75) is 20.3 Å². The van der Waals surface area contributed by atoms with E-state index in [0.717, 1.165) is 5.57 Å². The van der Waals surface area contributed by atoms with E-state index in [1.165, 1.54) is 12.1 Å². The average Bonchev–Trinajstić information content (AvgIpc) is 2.24. The Balaban J connectivity index is 1.92. The summed E-state index contributed by atoms with van der Waals surface area (Å²) < 4.78 is 0. The monoisotopic (exact) mass is 216 g/mol. The van der Waals surface area contributed by atoms with E-state index in [1.807, 2.05) is 0 Å². The first-order valence-electron chi connectivity index (χ1n) is 6.05. The van der Waals surface area contributed by atoms with Crippen molar-refractivity contribution >= 4 is 0 Å². The highest BCUT2D eigenvalue weighted by atomic mass is 15.1. The molecule has 4 atom stereocenters. The summed E-state index contributed by atoms with van der Waals surface area (Å²) in [7, 11) is 4.22. The smallest absolute Gasteiger partial charge is 0.0946 e. The van der Waals surface area contributed by atoms with E-state index in [4.69, 9.17) is 5.26 Å².